The number of imide groups is 6. The Balaban J connectivity index is 7.24. The van der Waals surface area contributed by atoms with Crippen molar-refractivity contribution in [3.63, 3.8) is 0 Å². The molecule has 0 aromatic carbocycles. The number of esters is 1. The highest BCUT2D eigenvalue weighted by molar-refractivity contribution is 6.20. The summed E-state index contributed by atoms with van der Waals surface area (Å²) in [5, 5.41) is 0. The molecule has 0 fully saturated rings. The number of rotatable bonds is 7. The first kappa shape index (κ1) is 41.0. The molecule has 0 atom stereocenters. The molecule has 0 spiro atoms. The Kier molecular flexibility index (Phi) is 13.6. The third-order valence-corrected chi connectivity index (χ3v) is 5.06. The molecule has 0 unspecified atom stereocenters. The first-order valence-electron chi connectivity index (χ1n) is 14.4. The Morgan fingerprint density at radius 2 is 0.800 bits per heavy atom. The molecular formula is C31H50N2O12. The lowest BCUT2D eigenvalue weighted by Crippen LogP contribution is -2.59. The van der Waals surface area contributed by atoms with Crippen LogP contribution in [0.15, 0.2) is 12.2 Å². The summed E-state index contributed by atoms with van der Waals surface area (Å²) in [7, 11) is 0. The van der Waals surface area contributed by atoms with Gasteiger partial charge in [-0.15, -0.1) is 9.80 Å². The third-order valence-electron chi connectivity index (χ3n) is 5.06. The van der Waals surface area contributed by atoms with Crippen molar-refractivity contribution in [1.29, 1.82) is 0 Å². The van der Waals surface area contributed by atoms with E-state index < -0.39 is 76.4 Å². The lowest BCUT2D eigenvalue weighted by atomic mass is 9.82. The number of carbonyl (C=O) groups is 7. The quantitative estimate of drug-likeness (QED) is 0.100. The molecule has 14 heteroatoms. The molecule has 0 aliphatic rings. The predicted molar refractivity (Wildman–Crippen MR) is 162 cm³/mol. The minimum atomic E-state index is -2.53. The van der Waals surface area contributed by atoms with Crippen LogP contribution in [-0.2, 0) is 38.1 Å². The van der Waals surface area contributed by atoms with E-state index in [9.17, 15) is 33.6 Å². The minimum Gasteiger partial charge on any atom is -0.462 e. The van der Waals surface area contributed by atoms with Gasteiger partial charge in [-0.25, -0.2) is 24.0 Å². The Hall–Kier alpha value is -3.97. The van der Waals surface area contributed by atoms with E-state index in [-0.39, 0.29) is 28.4 Å². The summed E-state index contributed by atoms with van der Waals surface area (Å²) in [6, 6.07) is 0. The van der Waals surface area contributed by atoms with E-state index >= 15 is 0 Å². The van der Waals surface area contributed by atoms with Gasteiger partial charge in [0.25, 0.3) is 11.8 Å². The number of ether oxygens (including phenoxy) is 5. The van der Waals surface area contributed by atoms with Gasteiger partial charge in [-0.3, -0.25) is 9.59 Å². The van der Waals surface area contributed by atoms with E-state index in [0.29, 0.717) is 0 Å². The number of carbonyl (C=O) groups excluding carboxylic acids is 7. The molecule has 0 aromatic heterocycles. The van der Waals surface area contributed by atoms with Crippen LogP contribution in [0.5, 0.6) is 0 Å². The van der Waals surface area contributed by atoms with E-state index in [1.165, 1.54) is 90.0 Å². The molecule has 0 aromatic rings. The maximum atomic E-state index is 14.3. The zero-order valence-corrected chi connectivity index (χ0v) is 29.1. The van der Waals surface area contributed by atoms with E-state index in [1.54, 1.807) is 0 Å². The number of hydrogen-bond acceptors (Lipinski definition) is 12. The van der Waals surface area contributed by atoms with E-state index in [4.69, 9.17) is 23.7 Å². The second kappa shape index (κ2) is 14.9. The van der Waals surface area contributed by atoms with Crippen LogP contribution in [0.4, 0.5) is 19.2 Å². The molecule has 0 radical (unpaired) electrons. The van der Waals surface area contributed by atoms with Crippen LogP contribution in [0.1, 0.15) is 110 Å². The first-order valence-corrected chi connectivity index (χ1v) is 14.4. The van der Waals surface area contributed by atoms with Crippen molar-refractivity contribution < 1.29 is 57.2 Å². The molecule has 0 N–H and O–H groups in total. The highest BCUT2D eigenvalue weighted by atomic mass is 16.6. The van der Waals surface area contributed by atoms with Gasteiger partial charge in [0, 0.05) is 5.57 Å². The van der Waals surface area contributed by atoms with Gasteiger partial charge in [-0.2, -0.15) is 0 Å². The largest absolute Gasteiger partial charge is 0.462 e. The molecule has 0 rings (SSSR count). The summed E-state index contributed by atoms with van der Waals surface area (Å²) in [4.78, 5) is 93.6. The SMILES string of the molecule is C=C(C)C(=O)OCCCC(C)(C(=O)N(C(=O)OC(C)(C)C)C(=O)OC(C)(C)C)C(=O)N(C(=O)OC(C)(C)C)C(=O)OC(C)(C)C. The first-order chi connectivity index (χ1) is 19.9. The van der Waals surface area contributed by atoms with Crippen LogP contribution in [0.25, 0.3) is 0 Å². The number of hydrogen-bond donors (Lipinski definition) is 0. The van der Waals surface area contributed by atoms with Gasteiger partial charge >= 0.3 is 30.3 Å². The van der Waals surface area contributed by atoms with E-state index in [1.807, 2.05) is 0 Å². The van der Waals surface area contributed by atoms with Gasteiger partial charge in [0.2, 0.25) is 0 Å². The minimum absolute atomic E-state index is 0.00331. The van der Waals surface area contributed by atoms with Crippen LogP contribution >= 0.6 is 0 Å². The fraction of sp³-hybridized carbons (Fsp3) is 0.710. The summed E-state index contributed by atoms with van der Waals surface area (Å²) >= 11 is 0. The number of nitrogens with zero attached hydrogens (tertiary/aromatic N) is 2. The normalized spacial score (nSPS) is 12.3. The van der Waals surface area contributed by atoms with Crippen molar-refractivity contribution >= 4 is 42.2 Å². The van der Waals surface area contributed by atoms with Crippen molar-refractivity contribution in [3.8, 4) is 0 Å². The third kappa shape index (κ3) is 14.1. The Morgan fingerprint density at radius 3 is 1.02 bits per heavy atom. The van der Waals surface area contributed by atoms with Crippen LogP contribution in [0, 0.1) is 5.41 Å². The van der Waals surface area contributed by atoms with Gasteiger partial charge in [-0.05, 0) is 110 Å². The highest BCUT2D eigenvalue weighted by Crippen LogP contribution is 2.33. The average Bonchev–Trinajstić information content (AvgIpc) is 2.76. The molecular weight excluding hydrogens is 592 g/mol. The molecule has 0 heterocycles. The summed E-state index contributed by atoms with van der Waals surface area (Å²) in [5.74, 6) is -3.72. The predicted octanol–water partition coefficient (Wildman–Crippen LogP) is 6.29. The maximum Gasteiger partial charge on any atom is 0.426 e. The van der Waals surface area contributed by atoms with Crippen molar-refractivity contribution in [2.45, 2.75) is 132 Å². The van der Waals surface area contributed by atoms with E-state index in [2.05, 4.69) is 6.58 Å². The molecule has 6 amide bonds. The second-order valence-corrected chi connectivity index (χ2v) is 14.6. The summed E-state index contributed by atoms with van der Waals surface area (Å²) in [6.07, 6.45) is -6.66. The Bertz CT molecular complexity index is 1050. The maximum absolute atomic E-state index is 14.3. The average molecular weight is 643 g/mol. The molecule has 0 aliphatic heterocycles. The van der Waals surface area contributed by atoms with Gasteiger partial charge in [0.15, 0.2) is 0 Å². The fourth-order valence-corrected chi connectivity index (χ4v) is 3.22. The van der Waals surface area contributed by atoms with Crippen LogP contribution in [-0.4, -0.2) is 81.0 Å². The van der Waals surface area contributed by atoms with Crippen LogP contribution in [0.2, 0.25) is 0 Å². The molecule has 0 saturated carbocycles. The molecule has 0 bridgehead atoms. The van der Waals surface area contributed by atoms with Gasteiger partial charge < -0.3 is 23.7 Å². The van der Waals surface area contributed by atoms with Crippen molar-refractivity contribution in [2.24, 2.45) is 5.41 Å². The Labute approximate surface area is 265 Å². The zero-order valence-electron chi connectivity index (χ0n) is 29.1. The summed E-state index contributed by atoms with van der Waals surface area (Å²) in [5.41, 5.74) is -7.24. The molecule has 45 heavy (non-hydrogen) atoms. The van der Waals surface area contributed by atoms with Crippen molar-refractivity contribution in [2.75, 3.05) is 6.61 Å². The monoisotopic (exact) mass is 642 g/mol. The zero-order chi connectivity index (χ0) is 35.9. The molecule has 0 aliphatic carbocycles. The topological polar surface area (TPSA) is 172 Å². The lowest BCUT2D eigenvalue weighted by molar-refractivity contribution is -0.153. The van der Waals surface area contributed by atoms with Crippen molar-refractivity contribution in [3.05, 3.63) is 12.2 Å². The summed E-state index contributed by atoms with van der Waals surface area (Å²) in [6.45, 7) is 23.4. The molecule has 0 saturated heterocycles. The molecule has 14 nitrogen and oxygen atoms in total. The van der Waals surface area contributed by atoms with Gasteiger partial charge in [0.1, 0.15) is 27.8 Å². The van der Waals surface area contributed by atoms with Crippen LogP contribution in [0.3, 0.4) is 0 Å². The van der Waals surface area contributed by atoms with Crippen molar-refractivity contribution in [1.82, 2.24) is 9.80 Å². The van der Waals surface area contributed by atoms with Gasteiger partial charge in [-0.1, -0.05) is 6.58 Å². The second-order valence-electron chi connectivity index (χ2n) is 14.6. The smallest absolute Gasteiger partial charge is 0.426 e. The van der Waals surface area contributed by atoms with E-state index in [0.717, 1.165) is 6.92 Å². The highest BCUT2D eigenvalue weighted by Gasteiger charge is 2.54. The van der Waals surface area contributed by atoms with Crippen LogP contribution < -0.4 is 0 Å². The van der Waals surface area contributed by atoms with Gasteiger partial charge in [0.05, 0.1) is 6.61 Å². The Morgan fingerprint density at radius 1 is 0.533 bits per heavy atom. The summed E-state index contributed by atoms with van der Waals surface area (Å²) < 4.78 is 26.2. The number of amides is 6. The molecule has 256 valence electrons. The standard InChI is InChI=1S/C31H50N2O12/c1-19(2)20(34)41-18-16-17-31(15,21(35)32(23(37)42-27(3,4)5)24(38)43-28(6,7)8)22(36)33(25(39)44-29(9,10)11)26(40)45-30(12,13)14/h1,16-18H2,2-15H3. The fourth-order valence-electron chi connectivity index (χ4n) is 3.22. The lowest BCUT2D eigenvalue weighted by Gasteiger charge is -2.36.